The molecule has 0 unspecified atom stereocenters. The van der Waals surface area contributed by atoms with E-state index >= 15 is 0 Å². The topological polar surface area (TPSA) is 55.1 Å². The molecule has 9 heteroatoms. The number of aryl methyl sites for hydroxylation is 1. The molecule has 3 rings (SSSR count). The molecule has 0 amide bonds. The fourth-order valence-electron chi connectivity index (χ4n) is 2.76. The number of carboxylic acids is 1. The van der Waals surface area contributed by atoms with Crippen LogP contribution in [0.3, 0.4) is 0 Å². The number of aromatic nitrogens is 2. The Hall–Kier alpha value is -2.61. The number of rotatable bonds is 5. The first kappa shape index (κ1) is 19.2. The van der Waals surface area contributed by atoms with Crippen molar-refractivity contribution < 1.29 is 27.5 Å². The quantitative estimate of drug-likeness (QED) is 0.619. The van der Waals surface area contributed by atoms with Crippen molar-refractivity contribution in [2.24, 2.45) is 0 Å². The van der Waals surface area contributed by atoms with Crippen molar-refractivity contribution >= 4 is 28.5 Å². The largest absolute Gasteiger partial charge is 0.481 e. The number of carboxylic acid groups (broad SMARTS) is 1. The maximum atomic E-state index is 14.1. The molecule has 0 saturated carbocycles. The van der Waals surface area contributed by atoms with E-state index in [9.17, 15) is 22.4 Å². The molecule has 27 heavy (non-hydrogen) atoms. The molecule has 0 spiro atoms. The molecule has 0 radical (unpaired) electrons. The zero-order chi connectivity index (χ0) is 19.8. The normalized spacial score (nSPS) is 11.9. The monoisotopic (exact) mass is 400 g/mol. The Morgan fingerprint density at radius 3 is 2.56 bits per heavy atom. The second-order valence-electron chi connectivity index (χ2n) is 5.96. The van der Waals surface area contributed by atoms with Gasteiger partial charge in [-0.05, 0) is 30.3 Å². The Labute approximate surface area is 156 Å². The third kappa shape index (κ3) is 4.21. The van der Waals surface area contributed by atoms with Gasteiger partial charge in [0.25, 0.3) is 0 Å². The molecule has 4 nitrogen and oxygen atoms in total. The van der Waals surface area contributed by atoms with E-state index in [1.807, 2.05) is 0 Å². The number of halogens is 5. The summed E-state index contributed by atoms with van der Waals surface area (Å²) in [6.07, 6.45) is -4.86. The van der Waals surface area contributed by atoms with Crippen LogP contribution in [0.5, 0.6) is 0 Å². The van der Waals surface area contributed by atoms with E-state index in [0.717, 1.165) is 18.2 Å². The SMILES string of the molecule is O=C(O)CCc1nn(Cc2ccc(Cl)cc2F)c2ccc(C(F)(F)F)cc12. The molecule has 142 valence electrons. The molecule has 1 heterocycles. The van der Waals surface area contributed by atoms with Gasteiger partial charge in [-0.15, -0.1) is 0 Å². The van der Waals surface area contributed by atoms with E-state index in [0.29, 0.717) is 5.52 Å². The number of aliphatic carboxylic acids is 1. The maximum absolute atomic E-state index is 14.1. The van der Waals surface area contributed by atoms with E-state index in [4.69, 9.17) is 16.7 Å². The fraction of sp³-hybridized carbons (Fsp3) is 0.222. The van der Waals surface area contributed by atoms with E-state index in [1.54, 1.807) is 0 Å². The molecule has 0 atom stereocenters. The first-order chi connectivity index (χ1) is 12.6. The highest BCUT2D eigenvalue weighted by Crippen LogP contribution is 2.33. The predicted octanol–water partition coefficient (Wildman–Crippen LogP) is 4.91. The minimum atomic E-state index is -4.54. The van der Waals surface area contributed by atoms with Gasteiger partial charge in [-0.3, -0.25) is 9.48 Å². The number of alkyl halides is 3. The lowest BCUT2D eigenvalue weighted by molar-refractivity contribution is -0.138. The van der Waals surface area contributed by atoms with Crippen LogP contribution in [0.25, 0.3) is 10.9 Å². The van der Waals surface area contributed by atoms with Crippen molar-refractivity contribution in [2.75, 3.05) is 0 Å². The summed E-state index contributed by atoms with van der Waals surface area (Å²) in [6, 6.07) is 7.21. The number of carbonyl (C=O) groups is 1. The molecular formula is C18H13ClF4N2O2. The van der Waals surface area contributed by atoms with Gasteiger partial charge in [-0.1, -0.05) is 17.7 Å². The standard InChI is InChI=1S/C18H13ClF4N2O2/c19-12-3-1-10(14(20)8-12)9-25-16-5-2-11(18(21,22)23)7-13(16)15(24-25)4-6-17(26)27/h1-3,5,7-8H,4,6,9H2,(H,26,27). The molecule has 0 bridgehead atoms. The molecule has 0 saturated heterocycles. The summed E-state index contributed by atoms with van der Waals surface area (Å²) in [5, 5.41) is 13.5. The van der Waals surface area contributed by atoms with Crippen molar-refractivity contribution in [3.05, 3.63) is 64.1 Å². The van der Waals surface area contributed by atoms with Crippen LogP contribution in [0, 0.1) is 5.82 Å². The number of hydrogen-bond donors (Lipinski definition) is 1. The third-order valence-electron chi connectivity index (χ3n) is 4.07. The second kappa shape index (κ2) is 7.19. The molecule has 0 aliphatic heterocycles. The van der Waals surface area contributed by atoms with E-state index in [2.05, 4.69) is 5.10 Å². The molecule has 0 aliphatic rings. The average molecular weight is 401 g/mol. The van der Waals surface area contributed by atoms with Gasteiger partial charge >= 0.3 is 12.1 Å². The van der Waals surface area contributed by atoms with Crippen LogP contribution in [0.1, 0.15) is 23.2 Å². The van der Waals surface area contributed by atoms with Gasteiger partial charge in [0.15, 0.2) is 0 Å². The number of fused-ring (bicyclic) bond motifs is 1. The van der Waals surface area contributed by atoms with Crippen LogP contribution in [0.15, 0.2) is 36.4 Å². The average Bonchev–Trinajstić information content (AvgIpc) is 2.92. The lowest BCUT2D eigenvalue weighted by Crippen LogP contribution is -2.06. The van der Waals surface area contributed by atoms with Crippen molar-refractivity contribution in [3.8, 4) is 0 Å². The summed E-state index contributed by atoms with van der Waals surface area (Å²) in [4.78, 5) is 10.8. The highest BCUT2D eigenvalue weighted by molar-refractivity contribution is 6.30. The molecular weight excluding hydrogens is 388 g/mol. The fourth-order valence-corrected chi connectivity index (χ4v) is 2.92. The molecule has 2 aromatic carbocycles. The van der Waals surface area contributed by atoms with E-state index < -0.39 is 23.5 Å². The van der Waals surface area contributed by atoms with Crippen LogP contribution in [-0.2, 0) is 23.9 Å². The van der Waals surface area contributed by atoms with Crippen LogP contribution in [-0.4, -0.2) is 20.9 Å². The summed E-state index contributed by atoms with van der Waals surface area (Å²) in [7, 11) is 0. The van der Waals surface area contributed by atoms with Gasteiger partial charge < -0.3 is 5.11 Å². The van der Waals surface area contributed by atoms with E-state index in [1.165, 1.54) is 22.9 Å². The number of hydrogen-bond acceptors (Lipinski definition) is 2. The highest BCUT2D eigenvalue weighted by Gasteiger charge is 2.31. The van der Waals surface area contributed by atoms with Crippen molar-refractivity contribution in [2.45, 2.75) is 25.6 Å². The Balaban J connectivity index is 2.07. The van der Waals surface area contributed by atoms with Crippen LogP contribution < -0.4 is 0 Å². The maximum Gasteiger partial charge on any atom is 0.416 e. The van der Waals surface area contributed by atoms with Gasteiger partial charge in [-0.2, -0.15) is 18.3 Å². The summed E-state index contributed by atoms with van der Waals surface area (Å²) in [5.41, 5.74) is -0.0251. The van der Waals surface area contributed by atoms with E-state index in [-0.39, 0.29) is 41.1 Å². The van der Waals surface area contributed by atoms with Gasteiger partial charge in [0.1, 0.15) is 5.82 Å². The summed E-state index contributed by atoms with van der Waals surface area (Å²) >= 11 is 5.73. The smallest absolute Gasteiger partial charge is 0.416 e. The highest BCUT2D eigenvalue weighted by atomic mass is 35.5. The second-order valence-corrected chi connectivity index (χ2v) is 6.40. The predicted molar refractivity (Wildman–Crippen MR) is 91.2 cm³/mol. The third-order valence-corrected chi connectivity index (χ3v) is 4.30. The molecule has 0 aliphatic carbocycles. The molecule has 0 fully saturated rings. The van der Waals surface area contributed by atoms with Crippen LogP contribution in [0.4, 0.5) is 17.6 Å². The number of nitrogens with zero attached hydrogens (tertiary/aromatic N) is 2. The molecule has 1 aromatic heterocycles. The van der Waals surface area contributed by atoms with Gasteiger partial charge in [0.2, 0.25) is 0 Å². The van der Waals surface area contributed by atoms with Crippen molar-refractivity contribution in [3.63, 3.8) is 0 Å². The summed E-state index contributed by atoms with van der Waals surface area (Å²) in [5.74, 6) is -1.65. The number of benzene rings is 2. The minimum absolute atomic E-state index is 0.0298. The zero-order valence-corrected chi connectivity index (χ0v) is 14.5. The summed E-state index contributed by atoms with van der Waals surface area (Å²) in [6.45, 7) is -0.0298. The first-order valence-corrected chi connectivity index (χ1v) is 8.25. The Morgan fingerprint density at radius 1 is 1.19 bits per heavy atom. The van der Waals surface area contributed by atoms with Gasteiger partial charge in [0, 0.05) is 22.4 Å². The van der Waals surface area contributed by atoms with Crippen LogP contribution >= 0.6 is 11.6 Å². The summed E-state index contributed by atoms with van der Waals surface area (Å²) < 4.78 is 54.5. The first-order valence-electron chi connectivity index (χ1n) is 7.87. The van der Waals surface area contributed by atoms with Crippen molar-refractivity contribution in [1.29, 1.82) is 0 Å². The molecule has 3 aromatic rings. The van der Waals surface area contributed by atoms with Gasteiger partial charge in [0.05, 0.1) is 29.7 Å². The molecule has 1 N–H and O–H groups in total. The van der Waals surface area contributed by atoms with Gasteiger partial charge in [-0.25, -0.2) is 4.39 Å². The zero-order valence-electron chi connectivity index (χ0n) is 13.7. The lowest BCUT2D eigenvalue weighted by Gasteiger charge is -2.08. The Bertz CT molecular complexity index is 1010. The Morgan fingerprint density at radius 2 is 1.93 bits per heavy atom. The van der Waals surface area contributed by atoms with Crippen LogP contribution in [0.2, 0.25) is 5.02 Å². The minimum Gasteiger partial charge on any atom is -0.481 e. The lowest BCUT2D eigenvalue weighted by atomic mass is 10.1. The van der Waals surface area contributed by atoms with Crippen molar-refractivity contribution in [1.82, 2.24) is 9.78 Å². The Kier molecular flexibility index (Phi) is 5.10.